The van der Waals surface area contributed by atoms with Crippen LogP contribution in [0.25, 0.3) is 11.1 Å². The second-order valence-electron chi connectivity index (χ2n) is 8.33. The van der Waals surface area contributed by atoms with Crippen LogP contribution in [0.15, 0.2) is 48.5 Å². The standard InChI is InChI=1S/C24H24F2N2O5/c25-21(26)10-20(23(30)31)28-22(29)18-9-13(18)11-27-24(32)33-12-19-16-7-3-1-5-14(16)15-6-2-4-8-17(15)19/h1-8,13,18-21H,9-12H2,(H,27,32)(H,28,29)(H,30,31). The van der Waals surface area contributed by atoms with E-state index < -0.39 is 42.8 Å². The minimum atomic E-state index is -2.84. The number of carbonyl (C=O) groups is 3. The fourth-order valence-electron chi connectivity index (χ4n) is 4.34. The van der Waals surface area contributed by atoms with E-state index in [4.69, 9.17) is 9.84 Å². The maximum atomic E-state index is 12.5. The summed E-state index contributed by atoms with van der Waals surface area (Å²) in [5.41, 5.74) is 4.45. The molecule has 174 valence electrons. The zero-order chi connectivity index (χ0) is 23.5. The van der Waals surface area contributed by atoms with Crippen molar-refractivity contribution in [2.24, 2.45) is 11.8 Å². The summed E-state index contributed by atoms with van der Waals surface area (Å²) < 4.78 is 30.4. The Morgan fingerprint density at radius 1 is 1.03 bits per heavy atom. The van der Waals surface area contributed by atoms with Gasteiger partial charge in [-0.15, -0.1) is 0 Å². The predicted octanol–water partition coefficient (Wildman–Crippen LogP) is 3.39. The fraction of sp³-hybridized carbons (Fsp3) is 0.375. The normalized spacial score (nSPS) is 19.4. The first-order chi connectivity index (χ1) is 15.8. The van der Waals surface area contributed by atoms with Crippen molar-refractivity contribution in [2.45, 2.75) is 31.2 Å². The van der Waals surface area contributed by atoms with Crippen molar-refractivity contribution >= 4 is 18.0 Å². The van der Waals surface area contributed by atoms with Crippen molar-refractivity contribution < 1.29 is 33.0 Å². The highest BCUT2D eigenvalue weighted by atomic mass is 19.3. The lowest BCUT2D eigenvalue weighted by Crippen LogP contribution is -2.43. The van der Waals surface area contributed by atoms with Gasteiger partial charge in [0, 0.05) is 24.8 Å². The monoisotopic (exact) mass is 458 g/mol. The van der Waals surface area contributed by atoms with Crippen molar-refractivity contribution in [2.75, 3.05) is 13.2 Å². The SMILES string of the molecule is O=C(NCC1CC1C(=O)NC(CC(F)F)C(=O)O)OCC1c2ccccc2-c2ccccc21. The first-order valence-corrected chi connectivity index (χ1v) is 10.7. The number of hydrogen-bond donors (Lipinski definition) is 3. The lowest BCUT2D eigenvalue weighted by Gasteiger charge is -2.15. The topological polar surface area (TPSA) is 105 Å². The highest BCUT2D eigenvalue weighted by Crippen LogP contribution is 2.44. The quantitative estimate of drug-likeness (QED) is 0.534. The number of rotatable bonds is 9. The molecule has 0 bridgehead atoms. The van der Waals surface area contributed by atoms with Crippen molar-refractivity contribution in [1.82, 2.24) is 10.6 Å². The summed E-state index contributed by atoms with van der Waals surface area (Å²) in [7, 11) is 0. The number of hydrogen-bond acceptors (Lipinski definition) is 4. The van der Waals surface area contributed by atoms with Gasteiger partial charge in [-0.2, -0.15) is 0 Å². The molecule has 2 aromatic carbocycles. The minimum absolute atomic E-state index is 0.0645. The van der Waals surface area contributed by atoms with Gasteiger partial charge in [-0.3, -0.25) is 4.79 Å². The molecule has 2 aliphatic carbocycles. The molecular weight excluding hydrogens is 434 g/mol. The first kappa shape index (κ1) is 22.7. The maximum Gasteiger partial charge on any atom is 0.407 e. The van der Waals surface area contributed by atoms with Crippen LogP contribution in [0.3, 0.4) is 0 Å². The number of alkyl carbamates (subject to hydrolysis) is 1. The van der Waals surface area contributed by atoms with Crippen molar-refractivity contribution in [3.8, 4) is 11.1 Å². The number of ether oxygens (including phenoxy) is 1. The van der Waals surface area contributed by atoms with Gasteiger partial charge in [0.15, 0.2) is 0 Å². The van der Waals surface area contributed by atoms with E-state index in [0.717, 1.165) is 22.3 Å². The molecule has 7 nitrogen and oxygen atoms in total. The van der Waals surface area contributed by atoms with Gasteiger partial charge in [-0.1, -0.05) is 48.5 Å². The lowest BCUT2D eigenvalue weighted by atomic mass is 9.98. The van der Waals surface area contributed by atoms with E-state index >= 15 is 0 Å². The number of halogens is 2. The molecule has 3 N–H and O–H groups in total. The molecule has 0 radical (unpaired) electrons. The second-order valence-corrected chi connectivity index (χ2v) is 8.33. The second kappa shape index (κ2) is 9.56. The molecule has 3 unspecified atom stereocenters. The smallest absolute Gasteiger partial charge is 0.407 e. The average molecular weight is 458 g/mol. The number of nitrogens with one attached hydrogen (secondary N) is 2. The average Bonchev–Trinajstić information content (AvgIpc) is 3.51. The Hall–Kier alpha value is -3.49. The number of carboxylic acid groups (broad SMARTS) is 1. The van der Waals surface area contributed by atoms with Gasteiger partial charge in [-0.05, 0) is 34.6 Å². The fourth-order valence-corrected chi connectivity index (χ4v) is 4.34. The summed E-state index contributed by atoms with van der Waals surface area (Å²) in [6, 6.07) is 14.3. The van der Waals surface area contributed by atoms with Crippen LogP contribution in [0.2, 0.25) is 0 Å². The molecular formula is C24H24F2N2O5. The van der Waals surface area contributed by atoms with Gasteiger partial charge in [0.2, 0.25) is 12.3 Å². The van der Waals surface area contributed by atoms with E-state index in [0.29, 0.717) is 6.42 Å². The molecule has 2 aliphatic rings. The van der Waals surface area contributed by atoms with Gasteiger partial charge in [-0.25, -0.2) is 18.4 Å². The zero-order valence-electron chi connectivity index (χ0n) is 17.7. The molecule has 4 rings (SSSR count). The Morgan fingerprint density at radius 3 is 2.21 bits per heavy atom. The van der Waals surface area contributed by atoms with Crippen LogP contribution < -0.4 is 10.6 Å². The van der Waals surface area contributed by atoms with Crippen LogP contribution in [-0.2, 0) is 14.3 Å². The molecule has 3 atom stereocenters. The van der Waals surface area contributed by atoms with Crippen molar-refractivity contribution in [3.63, 3.8) is 0 Å². The Balaban J connectivity index is 1.24. The van der Waals surface area contributed by atoms with Crippen LogP contribution in [0.4, 0.5) is 13.6 Å². The highest BCUT2D eigenvalue weighted by molar-refractivity contribution is 5.86. The summed E-state index contributed by atoms with van der Waals surface area (Å²) in [6.45, 7) is 0.351. The van der Waals surface area contributed by atoms with Crippen LogP contribution >= 0.6 is 0 Å². The molecule has 0 aromatic heterocycles. The lowest BCUT2D eigenvalue weighted by molar-refractivity contribution is -0.143. The Kier molecular flexibility index (Phi) is 6.57. The maximum absolute atomic E-state index is 12.5. The molecule has 0 saturated heterocycles. The van der Waals surface area contributed by atoms with E-state index in [1.807, 2.05) is 48.5 Å². The molecule has 1 fully saturated rings. The Labute approximate surface area is 189 Å². The van der Waals surface area contributed by atoms with E-state index in [9.17, 15) is 23.2 Å². The number of aliphatic carboxylic acids is 1. The highest BCUT2D eigenvalue weighted by Gasteiger charge is 2.44. The number of carboxylic acids is 1. The minimum Gasteiger partial charge on any atom is -0.480 e. The molecule has 2 amide bonds. The third-order valence-electron chi connectivity index (χ3n) is 6.14. The number of fused-ring (bicyclic) bond motifs is 3. The summed E-state index contributed by atoms with van der Waals surface area (Å²) in [5.74, 6) is -2.87. The number of carbonyl (C=O) groups excluding carboxylic acids is 2. The number of amides is 2. The molecule has 0 heterocycles. The summed E-state index contributed by atoms with van der Waals surface area (Å²) >= 11 is 0. The van der Waals surface area contributed by atoms with Gasteiger partial charge in [0.05, 0.1) is 0 Å². The molecule has 33 heavy (non-hydrogen) atoms. The number of alkyl halides is 2. The largest absolute Gasteiger partial charge is 0.480 e. The zero-order valence-corrected chi connectivity index (χ0v) is 17.7. The van der Waals surface area contributed by atoms with Crippen LogP contribution in [0, 0.1) is 11.8 Å². The van der Waals surface area contributed by atoms with Gasteiger partial charge in [0.25, 0.3) is 0 Å². The molecule has 9 heteroatoms. The van der Waals surface area contributed by atoms with E-state index in [2.05, 4.69) is 10.6 Å². The summed E-state index contributed by atoms with van der Waals surface area (Å²) in [6.07, 6.45) is -3.95. The first-order valence-electron chi connectivity index (χ1n) is 10.7. The summed E-state index contributed by atoms with van der Waals surface area (Å²) in [5, 5.41) is 13.7. The van der Waals surface area contributed by atoms with E-state index in [1.165, 1.54) is 0 Å². The van der Waals surface area contributed by atoms with Crippen LogP contribution in [-0.4, -0.2) is 48.7 Å². The van der Waals surface area contributed by atoms with Gasteiger partial charge < -0.3 is 20.5 Å². The van der Waals surface area contributed by atoms with Gasteiger partial charge >= 0.3 is 12.1 Å². The third kappa shape index (κ3) is 5.13. The molecule has 0 spiro atoms. The Morgan fingerprint density at radius 2 is 1.64 bits per heavy atom. The van der Waals surface area contributed by atoms with Gasteiger partial charge in [0.1, 0.15) is 12.6 Å². The predicted molar refractivity (Wildman–Crippen MR) is 115 cm³/mol. The van der Waals surface area contributed by atoms with E-state index in [1.54, 1.807) is 0 Å². The third-order valence-corrected chi connectivity index (χ3v) is 6.14. The van der Waals surface area contributed by atoms with Crippen LogP contribution in [0.1, 0.15) is 29.9 Å². The van der Waals surface area contributed by atoms with Crippen molar-refractivity contribution in [1.29, 1.82) is 0 Å². The van der Waals surface area contributed by atoms with Crippen LogP contribution in [0.5, 0.6) is 0 Å². The Bertz CT molecular complexity index is 1020. The molecule has 0 aliphatic heterocycles. The molecule has 1 saturated carbocycles. The molecule has 2 aromatic rings. The van der Waals surface area contributed by atoms with E-state index in [-0.39, 0.29) is 25.0 Å². The van der Waals surface area contributed by atoms with Crippen molar-refractivity contribution in [3.05, 3.63) is 59.7 Å². The summed E-state index contributed by atoms with van der Waals surface area (Å²) in [4.78, 5) is 35.4. The number of benzene rings is 2.